The summed E-state index contributed by atoms with van der Waals surface area (Å²) in [6.45, 7) is 21.7. The minimum Gasteiger partial charge on any atom is -0.300 e. The van der Waals surface area contributed by atoms with E-state index in [9.17, 15) is 0 Å². The zero-order valence-corrected chi connectivity index (χ0v) is 25.7. The molecule has 3 rings (SSSR count). The summed E-state index contributed by atoms with van der Waals surface area (Å²) in [5.74, 6) is 0. The van der Waals surface area contributed by atoms with Gasteiger partial charge in [-0.1, -0.05) is 115 Å². The fourth-order valence-corrected chi connectivity index (χ4v) is 5.08. The Hall–Kier alpha value is -1.86. The molecule has 208 valence electrons. The van der Waals surface area contributed by atoms with Crippen molar-refractivity contribution in [3.8, 4) is 11.1 Å². The number of hydrogen-bond donors (Lipinski definition) is 0. The van der Waals surface area contributed by atoms with E-state index in [0.29, 0.717) is 0 Å². The number of allylic oxidation sites excluding steroid dienone is 1. The average molecular weight is 506 g/mol. The summed E-state index contributed by atoms with van der Waals surface area (Å²) in [5.41, 5.74) is 8.35. The molecule has 1 saturated carbocycles. The molecule has 2 aromatic rings. The summed E-state index contributed by atoms with van der Waals surface area (Å²) < 4.78 is 0. The lowest BCUT2D eigenvalue weighted by molar-refractivity contribution is 0.156. The Morgan fingerprint density at radius 3 is 1.76 bits per heavy atom. The van der Waals surface area contributed by atoms with Gasteiger partial charge in [-0.3, -0.25) is 0 Å². The van der Waals surface area contributed by atoms with Crippen LogP contribution in [0.1, 0.15) is 123 Å². The lowest BCUT2D eigenvalue weighted by Crippen LogP contribution is -2.37. The predicted octanol–water partition coefficient (Wildman–Crippen LogP) is 10.8. The molecule has 37 heavy (non-hydrogen) atoms. The summed E-state index contributed by atoms with van der Waals surface area (Å²) in [4.78, 5) is 2.72. The monoisotopic (exact) mass is 505 g/mol. The molecule has 0 spiro atoms. The van der Waals surface area contributed by atoms with Gasteiger partial charge in [-0.05, 0) is 99.2 Å². The van der Waals surface area contributed by atoms with Crippen molar-refractivity contribution in [3.63, 3.8) is 0 Å². The molecule has 2 aromatic carbocycles. The van der Waals surface area contributed by atoms with E-state index < -0.39 is 0 Å². The van der Waals surface area contributed by atoms with E-state index in [1.54, 1.807) is 0 Å². The van der Waals surface area contributed by atoms with Crippen molar-refractivity contribution in [2.24, 2.45) is 0 Å². The number of benzene rings is 2. The van der Waals surface area contributed by atoms with E-state index in [1.807, 2.05) is 6.92 Å². The van der Waals surface area contributed by atoms with Gasteiger partial charge in [-0.25, -0.2) is 0 Å². The Bertz CT molecular complexity index is 835. The third-order valence-electron chi connectivity index (χ3n) is 7.52. The van der Waals surface area contributed by atoms with Crippen molar-refractivity contribution in [2.45, 2.75) is 132 Å². The van der Waals surface area contributed by atoms with E-state index in [0.717, 1.165) is 25.3 Å². The van der Waals surface area contributed by atoms with Crippen LogP contribution < -0.4 is 0 Å². The zero-order chi connectivity index (χ0) is 27.5. The van der Waals surface area contributed by atoms with Crippen LogP contribution in [0.3, 0.4) is 0 Å². The first-order valence-electron chi connectivity index (χ1n) is 15.5. The van der Waals surface area contributed by atoms with Crippen LogP contribution in [-0.2, 0) is 19.3 Å². The Morgan fingerprint density at radius 1 is 0.730 bits per heavy atom. The second-order valence-electron chi connectivity index (χ2n) is 10.8. The Balaban J connectivity index is 0.000000329. The van der Waals surface area contributed by atoms with E-state index in [-0.39, 0.29) is 0 Å². The molecule has 0 bridgehead atoms. The molecule has 1 heteroatoms. The molecular formula is C36H59N. The van der Waals surface area contributed by atoms with Crippen LogP contribution in [0.25, 0.3) is 11.1 Å². The van der Waals surface area contributed by atoms with E-state index in [2.05, 4.69) is 95.5 Å². The van der Waals surface area contributed by atoms with Gasteiger partial charge in [0, 0.05) is 6.04 Å². The molecule has 0 saturated heterocycles. The van der Waals surface area contributed by atoms with Gasteiger partial charge in [0.15, 0.2) is 0 Å². The normalized spacial score (nSPS) is 13.4. The smallest absolute Gasteiger partial charge is 0.00952 e. The number of hydrogen-bond acceptors (Lipinski definition) is 1. The Kier molecular flexibility index (Phi) is 18.1. The highest BCUT2D eigenvalue weighted by Gasteiger charge is 2.19. The van der Waals surface area contributed by atoms with Gasteiger partial charge in [0.25, 0.3) is 0 Å². The molecule has 1 fully saturated rings. The molecule has 0 atom stereocenters. The summed E-state index contributed by atoms with van der Waals surface area (Å²) in [5, 5.41) is 0. The summed E-state index contributed by atoms with van der Waals surface area (Å²) in [6, 6.07) is 16.8. The van der Waals surface area contributed by atoms with Gasteiger partial charge < -0.3 is 4.90 Å². The van der Waals surface area contributed by atoms with Crippen molar-refractivity contribution < 1.29 is 0 Å². The van der Waals surface area contributed by atoms with Crippen LogP contribution in [0.4, 0.5) is 0 Å². The zero-order valence-electron chi connectivity index (χ0n) is 25.7. The van der Waals surface area contributed by atoms with Crippen molar-refractivity contribution in [2.75, 3.05) is 13.1 Å². The fraction of sp³-hybridized carbons (Fsp3) is 0.611. The van der Waals surface area contributed by atoms with Crippen molar-refractivity contribution in [3.05, 3.63) is 71.3 Å². The molecule has 1 aliphatic rings. The first-order chi connectivity index (χ1) is 17.9. The van der Waals surface area contributed by atoms with Crippen LogP contribution >= 0.6 is 0 Å². The van der Waals surface area contributed by atoms with E-state index >= 15 is 0 Å². The van der Waals surface area contributed by atoms with Crippen LogP contribution in [-0.4, -0.2) is 24.0 Å². The Morgan fingerprint density at radius 2 is 1.30 bits per heavy atom. The molecule has 0 aliphatic heterocycles. The molecule has 1 nitrogen and oxygen atoms in total. The van der Waals surface area contributed by atoms with Crippen molar-refractivity contribution in [1.29, 1.82) is 0 Å². The molecular weight excluding hydrogens is 446 g/mol. The second-order valence-corrected chi connectivity index (χ2v) is 10.8. The molecule has 1 aliphatic carbocycles. The van der Waals surface area contributed by atoms with Gasteiger partial charge in [0.1, 0.15) is 0 Å². The van der Waals surface area contributed by atoms with E-state index in [4.69, 9.17) is 0 Å². The summed E-state index contributed by atoms with van der Waals surface area (Å²) >= 11 is 0. The minimum atomic E-state index is 0.925. The van der Waals surface area contributed by atoms with Crippen LogP contribution in [0.2, 0.25) is 0 Å². The predicted molar refractivity (Wildman–Crippen MR) is 169 cm³/mol. The molecule has 0 aromatic heterocycles. The van der Waals surface area contributed by atoms with E-state index in [1.165, 1.54) is 104 Å². The van der Waals surface area contributed by atoms with Gasteiger partial charge >= 0.3 is 0 Å². The summed E-state index contributed by atoms with van der Waals surface area (Å²) in [6.07, 6.45) is 15.7. The number of rotatable bonds is 11. The highest BCUT2D eigenvalue weighted by atomic mass is 15.1. The largest absolute Gasteiger partial charge is 0.300 e. The third-order valence-corrected chi connectivity index (χ3v) is 7.52. The first kappa shape index (κ1) is 33.2. The maximum Gasteiger partial charge on any atom is 0.00952 e. The maximum atomic E-state index is 3.67. The van der Waals surface area contributed by atoms with Gasteiger partial charge in [0.2, 0.25) is 0 Å². The van der Waals surface area contributed by atoms with Crippen LogP contribution in [0.5, 0.6) is 0 Å². The lowest BCUT2D eigenvalue weighted by atomic mass is 9.94. The standard InChI is InChI=1S/C19H24.C12H25N.C5H10/c1-4-7-18-14-19(13-12-16(18)6-3)17-10-8-15(5-2)9-11-17;1-3-10-13(11-4-2)12-8-6-5-7-9-12;1-4-5(2)3/h8-14H,4-7H2,1-3H3;12H,3-11H2,1-2H3;2,4H2,1,3H3. The SMILES string of the molecule is C=C(C)CC.CCCN(CCC)C1CCCCC1.CCCc1cc(-c2ccc(CC)cc2)ccc1CC. The molecule has 0 amide bonds. The van der Waals surface area contributed by atoms with Crippen molar-refractivity contribution in [1.82, 2.24) is 4.90 Å². The molecule has 0 heterocycles. The van der Waals surface area contributed by atoms with Gasteiger partial charge in [-0.2, -0.15) is 0 Å². The number of nitrogens with zero attached hydrogens (tertiary/aromatic N) is 1. The Labute approximate surface area is 231 Å². The highest BCUT2D eigenvalue weighted by molar-refractivity contribution is 5.65. The maximum absolute atomic E-state index is 3.67. The average Bonchev–Trinajstić information content (AvgIpc) is 2.94. The molecule has 0 radical (unpaired) electrons. The molecule has 0 N–H and O–H groups in total. The fourth-order valence-electron chi connectivity index (χ4n) is 5.08. The topological polar surface area (TPSA) is 3.24 Å². The van der Waals surface area contributed by atoms with Gasteiger partial charge in [0.05, 0.1) is 0 Å². The quantitative estimate of drug-likeness (QED) is 0.274. The third kappa shape index (κ3) is 13.0. The van der Waals surface area contributed by atoms with Crippen LogP contribution in [0, 0.1) is 0 Å². The lowest BCUT2D eigenvalue weighted by Gasteiger charge is -2.33. The summed E-state index contributed by atoms with van der Waals surface area (Å²) in [7, 11) is 0. The van der Waals surface area contributed by atoms with Crippen molar-refractivity contribution >= 4 is 0 Å². The highest BCUT2D eigenvalue weighted by Crippen LogP contribution is 2.25. The minimum absolute atomic E-state index is 0.925. The molecule has 0 unspecified atom stereocenters. The van der Waals surface area contributed by atoms with Crippen LogP contribution in [0.15, 0.2) is 54.6 Å². The number of aryl methyl sites for hydroxylation is 3. The second kappa shape index (κ2) is 20.1. The first-order valence-corrected chi connectivity index (χ1v) is 15.5. The van der Waals surface area contributed by atoms with Gasteiger partial charge in [-0.15, -0.1) is 6.58 Å².